The van der Waals surface area contributed by atoms with Gasteiger partial charge in [-0.15, -0.1) is 0 Å². The summed E-state index contributed by atoms with van der Waals surface area (Å²) in [7, 11) is 0. The number of hydrogen-bond acceptors (Lipinski definition) is 11. The van der Waals surface area contributed by atoms with Crippen molar-refractivity contribution in [1.82, 2.24) is 10.3 Å². The van der Waals surface area contributed by atoms with Gasteiger partial charge in [-0.2, -0.15) is 0 Å². The number of hydrogen-bond donors (Lipinski definition) is 1. The molecule has 2 aromatic carbocycles. The molecular weight excluding hydrogens is 548 g/mol. The highest BCUT2D eigenvalue weighted by molar-refractivity contribution is 6.07. The first-order chi connectivity index (χ1) is 20.0. The van der Waals surface area contributed by atoms with Gasteiger partial charge in [0.1, 0.15) is 18.8 Å². The quantitative estimate of drug-likeness (QED) is 0.310. The second-order valence-corrected chi connectivity index (χ2v) is 9.54. The molecule has 0 aliphatic carbocycles. The first kappa shape index (κ1) is 30.1. The first-order valence-corrected chi connectivity index (χ1v) is 13.1. The topological polar surface area (TPSA) is 156 Å². The second kappa shape index (κ2) is 13.2. The van der Waals surface area contributed by atoms with Crippen molar-refractivity contribution in [3.05, 3.63) is 66.2 Å². The van der Waals surface area contributed by atoms with Crippen LogP contribution in [0.15, 0.2) is 60.7 Å². The fourth-order valence-corrected chi connectivity index (χ4v) is 4.67. The van der Waals surface area contributed by atoms with Gasteiger partial charge < -0.3 is 29.0 Å². The molecule has 0 radical (unpaired) electrons. The molecule has 12 heteroatoms. The van der Waals surface area contributed by atoms with Crippen LogP contribution in [0.4, 0.5) is 0 Å². The number of benzene rings is 2. The van der Waals surface area contributed by atoms with E-state index in [0.717, 1.165) is 26.3 Å². The predicted octanol–water partition coefficient (Wildman–Crippen LogP) is 2.71. The van der Waals surface area contributed by atoms with Crippen LogP contribution >= 0.6 is 0 Å². The molecule has 12 nitrogen and oxygen atoms in total. The number of aromatic nitrogens is 1. The molecule has 0 bridgehead atoms. The lowest BCUT2D eigenvalue weighted by Crippen LogP contribution is -2.67. The fraction of sp³-hybridized carbons (Fsp3) is 0.333. The second-order valence-electron chi connectivity index (χ2n) is 9.54. The highest BCUT2D eigenvalue weighted by Gasteiger charge is 2.52. The zero-order valence-corrected chi connectivity index (χ0v) is 23.4. The Morgan fingerprint density at radius 1 is 0.786 bits per heavy atom. The average molecular weight is 579 g/mol. The monoisotopic (exact) mass is 578 g/mol. The van der Waals surface area contributed by atoms with E-state index in [-0.39, 0.29) is 5.56 Å². The average Bonchev–Trinajstić information content (AvgIpc) is 2.94. The SMILES string of the molecule is CC(=O)OC[C@@H]1O[C@@H](OC(C)=O)[C@@H](NC(=O)c2cc(-c3ccccc3)nc3ccccc23)[C@@H](OC(C)=O)[C@H]1OC(C)=O. The van der Waals surface area contributed by atoms with Crippen molar-refractivity contribution in [1.29, 1.82) is 0 Å². The van der Waals surface area contributed by atoms with Crippen molar-refractivity contribution in [2.45, 2.75) is 58.3 Å². The van der Waals surface area contributed by atoms with Gasteiger partial charge >= 0.3 is 23.9 Å². The molecule has 0 spiro atoms. The molecule has 0 unspecified atom stereocenters. The molecule has 0 saturated carbocycles. The summed E-state index contributed by atoms with van der Waals surface area (Å²) >= 11 is 0. The van der Waals surface area contributed by atoms with Gasteiger partial charge in [0, 0.05) is 38.6 Å². The number of amides is 1. The summed E-state index contributed by atoms with van der Waals surface area (Å²) in [5.74, 6) is -3.57. The third-order valence-electron chi connectivity index (χ3n) is 6.31. The number of nitrogens with one attached hydrogen (secondary N) is 1. The van der Waals surface area contributed by atoms with Crippen molar-refractivity contribution in [2.75, 3.05) is 6.61 Å². The number of ether oxygens (including phenoxy) is 5. The molecule has 1 aromatic heterocycles. The molecule has 1 fully saturated rings. The zero-order valence-electron chi connectivity index (χ0n) is 23.4. The van der Waals surface area contributed by atoms with E-state index in [1.54, 1.807) is 30.3 Å². The van der Waals surface area contributed by atoms with Crippen LogP contribution < -0.4 is 5.32 Å². The maximum atomic E-state index is 13.9. The number of esters is 4. The van der Waals surface area contributed by atoms with Gasteiger partial charge in [0.25, 0.3) is 5.91 Å². The Bertz CT molecular complexity index is 1490. The lowest BCUT2D eigenvalue weighted by molar-refractivity contribution is -0.270. The van der Waals surface area contributed by atoms with E-state index in [1.165, 1.54) is 6.92 Å². The normalized spacial score (nSPS) is 21.6. The molecule has 1 N–H and O–H groups in total. The summed E-state index contributed by atoms with van der Waals surface area (Å²) in [6, 6.07) is 16.6. The Hall–Kier alpha value is -4.84. The third-order valence-corrected chi connectivity index (χ3v) is 6.31. The Morgan fingerprint density at radius 2 is 1.40 bits per heavy atom. The third kappa shape index (κ3) is 7.26. The van der Waals surface area contributed by atoms with E-state index in [4.69, 9.17) is 28.7 Å². The van der Waals surface area contributed by atoms with Crippen LogP contribution in [0.2, 0.25) is 0 Å². The Balaban J connectivity index is 1.78. The van der Waals surface area contributed by atoms with Crippen LogP contribution in [0.5, 0.6) is 0 Å². The summed E-state index contributed by atoms with van der Waals surface area (Å²) in [5.41, 5.74) is 2.09. The number of carbonyl (C=O) groups excluding carboxylic acids is 5. The molecule has 1 amide bonds. The first-order valence-electron chi connectivity index (χ1n) is 13.1. The lowest BCUT2D eigenvalue weighted by atomic mass is 9.95. The van der Waals surface area contributed by atoms with Crippen molar-refractivity contribution in [3.8, 4) is 11.3 Å². The van der Waals surface area contributed by atoms with Crippen LogP contribution in [0, 0.1) is 0 Å². The van der Waals surface area contributed by atoms with E-state index >= 15 is 0 Å². The standard InChI is InChI=1S/C30H30N2O10/c1-16(33)38-15-25-27(39-17(2)34)28(40-18(3)35)26(30(42-25)41-19(4)36)32-29(37)22-14-24(20-10-6-5-7-11-20)31-23-13-9-8-12-21(22)23/h5-14,25-28,30H,15H2,1-4H3,(H,32,37)/t25-,26-,27-,28+,30+/m0/s1. The van der Waals surface area contributed by atoms with Crippen LogP contribution in [-0.4, -0.2) is 72.0 Å². The van der Waals surface area contributed by atoms with E-state index in [9.17, 15) is 24.0 Å². The summed E-state index contributed by atoms with van der Waals surface area (Å²) < 4.78 is 27.3. The Labute approximate surface area is 241 Å². The van der Waals surface area contributed by atoms with Crippen LogP contribution in [0.1, 0.15) is 38.1 Å². The largest absolute Gasteiger partial charge is 0.463 e. The minimum atomic E-state index is -1.51. The molecule has 1 aliphatic heterocycles. The van der Waals surface area contributed by atoms with Gasteiger partial charge in [-0.1, -0.05) is 48.5 Å². The molecule has 1 saturated heterocycles. The molecular formula is C30H30N2O10. The molecule has 220 valence electrons. The van der Waals surface area contributed by atoms with Gasteiger partial charge in [-0.05, 0) is 12.1 Å². The van der Waals surface area contributed by atoms with Crippen molar-refractivity contribution < 1.29 is 47.7 Å². The van der Waals surface area contributed by atoms with Crippen molar-refractivity contribution in [3.63, 3.8) is 0 Å². The summed E-state index contributed by atoms with van der Waals surface area (Å²) in [6.07, 6.45) is -5.44. The van der Waals surface area contributed by atoms with Gasteiger partial charge in [-0.25, -0.2) is 4.98 Å². The van der Waals surface area contributed by atoms with Crippen LogP contribution in [0.3, 0.4) is 0 Å². The van der Waals surface area contributed by atoms with Crippen molar-refractivity contribution >= 4 is 40.7 Å². The molecule has 4 rings (SSSR count). The predicted molar refractivity (Wildman–Crippen MR) is 147 cm³/mol. The van der Waals surface area contributed by atoms with Crippen molar-refractivity contribution in [2.24, 2.45) is 0 Å². The smallest absolute Gasteiger partial charge is 0.305 e. The Kier molecular flexibility index (Phi) is 9.48. The highest BCUT2D eigenvalue weighted by atomic mass is 16.7. The van der Waals surface area contributed by atoms with Gasteiger partial charge in [0.2, 0.25) is 6.29 Å². The number of nitrogens with zero attached hydrogens (tertiary/aromatic N) is 1. The number of pyridine rings is 1. The Morgan fingerprint density at radius 3 is 2.05 bits per heavy atom. The van der Waals surface area contributed by atoms with E-state index in [2.05, 4.69) is 5.32 Å². The molecule has 2 heterocycles. The van der Waals surface area contributed by atoms with Gasteiger partial charge in [0.15, 0.2) is 12.2 Å². The summed E-state index contributed by atoms with van der Waals surface area (Å²) in [4.78, 5) is 66.5. The van der Waals surface area contributed by atoms with Gasteiger partial charge in [0.05, 0.1) is 16.8 Å². The van der Waals surface area contributed by atoms with E-state index in [0.29, 0.717) is 16.6 Å². The number of para-hydroxylation sites is 1. The number of carbonyl (C=O) groups is 5. The fourth-order valence-electron chi connectivity index (χ4n) is 4.67. The number of fused-ring (bicyclic) bond motifs is 1. The molecule has 5 atom stereocenters. The van der Waals surface area contributed by atoms with Crippen LogP contribution in [-0.2, 0) is 42.9 Å². The zero-order chi connectivity index (χ0) is 30.4. The minimum absolute atomic E-state index is 0.230. The molecule has 3 aromatic rings. The molecule has 1 aliphatic rings. The highest BCUT2D eigenvalue weighted by Crippen LogP contribution is 2.30. The maximum absolute atomic E-state index is 13.9. The van der Waals surface area contributed by atoms with E-state index < -0.39 is 67.0 Å². The summed E-state index contributed by atoms with van der Waals surface area (Å²) in [5, 5.41) is 3.29. The number of rotatable bonds is 8. The van der Waals surface area contributed by atoms with Crippen LogP contribution in [0.25, 0.3) is 22.2 Å². The minimum Gasteiger partial charge on any atom is -0.463 e. The summed E-state index contributed by atoms with van der Waals surface area (Å²) in [6.45, 7) is 4.14. The lowest BCUT2D eigenvalue weighted by Gasteiger charge is -2.44. The maximum Gasteiger partial charge on any atom is 0.305 e. The van der Waals surface area contributed by atoms with Gasteiger partial charge in [-0.3, -0.25) is 24.0 Å². The molecule has 42 heavy (non-hydrogen) atoms. The van der Waals surface area contributed by atoms with E-state index in [1.807, 2.05) is 30.3 Å².